The Hall–Kier alpha value is -2.08. The summed E-state index contributed by atoms with van der Waals surface area (Å²) < 4.78 is 5.72. The lowest BCUT2D eigenvalue weighted by Gasteiger charge is -2.02. The van der Waals surface area contributed by atoms with Crippen LogP contribution in [-0.2, 0) is 0 Å². The highest BCUT2D eigenvalue weighted by Crippen LogP contribution is 2.19. The highest BCUT2D eigenvalue weighted by atomic mass is 79.9. The molecule has 2 heterocycles. The van der Waals surface area contributed by atoms with Crippen molar-refractivity contribution < 1.29 is 9.21 Å². The molecule has 5 nitrogen and oxygen atoms in total. The van der Waals surface area contributed by atoms with Crippen LogP contribution in [0.3, 0.4) is 0 Å². The molecule has 0 unspecified atom stereocenters. The average molecular weight is 320 g/mol. The summed E-state index contributed by atoms with van der Waals surface area (Å²) >= 11 is 3.16. The second-order valence-electron chi connectivity index (χ2n) is 4.11. The van der Waals surface area contributed by atoms with Crippen molar-refractivity contribution in [1.82, 2.24) is 9.97 Å². The summed E-state index contributed by atoms with van der Waals surface area (Å²) in [5.41, 5.74) is 2.45. The number of nitrogens with one attached hydrogen (secondary N) is 2. The molecular formula is C13H10BrN3O2. The number of hydrogen-bond donors (Lipinski definition) is 2. The summed E-state index contributed by atoms with van der Waals surface area (Å²) in [5.74, 6) is 0.808. The Morgan fingerprint density at radius 3 is 2.95 bits per heavy atom. The van der Waals surface area contributed by atoms with Crippen LogP contribution in [0, 0.1) is 6.92 Å². The van der Waals surface area contributed by atoms with Crippen LogP contribution in [0.1, 0.15) is 16.4 Å². The van der Waals surface area contributed by atoms with Crippen molar-refractivity contribution in [1.29, 1.82) is 0 Å². The topological polar surface area (TPSA) is 70.9 Å². The second kappa shape index (κ2) is 4.55. The Labute approximate surface area is 117 Å². The van der Waals surface area contributed by atoms with Gasteiger partial charge in [0.1, 0.15) is 5.82 Å². The van der Waals surface area contributed by atoms with Gasteiger partial charge in [-0.15, -0.1) is 0 Å². The molecule has 0 saturated heterocycles. The van der Waals surface area contributed by atoms with E-state index in [1.807, 2.05) is 19.1 Å². The molecule has 0 radical (unpaired) electrons. The molecule has 6 heteroatoms. The Bertz CT molecular complexity index is 760. The third kappa shape index (κ3) is 2.39. The predicted octanol–water partition coefficient (Wildman–Crippen LogP) is 3.48. The maximum Gasteiger partial charge on any atom is 0.291 e. The molecule has 0 bridgehead atoms. The van der Waals surface area contributed by atoms with E-state index in [1.165, 1.54) is 0 Å². The number of amides is 1. The van der Waals surface area contributed by atoms with Crippen molar-refractivity contribution in [2.24, 2.45) is 0 Å². The first kappa shape index (κ1) is 12.0. The number of furan rings is 1. The average Bonchev–Trinajstić information content (AvgIpc) is 2.93. The minimum absolute atomic E-state index is 0.257. The van der Waals surface area contributed by atoms with E-state index in [0.29, 0.717) is 10.4 Å². The summed E-state index contributed by atoms with van der Waals surface area (Å²) in [6, 6.07) is 8.78. The molecule has 0 atom stereocenters. The van der Waals surface area contributed by atoms with E-state index in [-0.39, 0.29) is 11.7 Å². The molecule has 0 fully saturated rings. The van der Waals surface area contributed by atoms with E-state index < -0.39 is 0 Å². The number of aromatic nitrogens is 2. The third-order valence-electron chi connectivity index (χ3n) is 2.66. The number of aromatic amines is 1. The first-order chi connectivity index (χ1) is 9.11. The smallest absolute Gasteiger partial charge is 0.291 e. The molecule has 0 aliphatic rings. The van der Waals surface area contributed by atoms with Crippen LogP contribution >= 0.6 is 15.9 Å². The van der Waals surface area contributed by atoms with Gasteiger partial charge in [-0.25, -0.2) is 4.98 Å². The molecule has 2 N–H and O–H groups in total. The minimum Gasteiger partial charge on any atom is -0.444 e. The standard InChI is InChI=1S/C13H10BrN3O2/c1-7-15-9-3-2-8(6-10(9)16-7)17-13(18)11-4-5-12(14)19-11/h2-6H,1H3,(H,15,16)(H,17,18). The highest BCUT2D eigenvalue weighted by molar-refractivity contribution is 9.10. The maximum atomic E-state index is 11.9. The number of carbonyl (C=O) groups excluding carboxylic acids is 1. The molecule has 3 aromatic rings. The number of hydrogen-bond acceptors (Lipinski definition) is 3. The Morgan fingerprint density at radius 1 is 1.37 bits per heavy atom. The number of carbonyl (C=O) groups is 1. The Kier molecular flexibility index (Phi) is 2.87. The van der Waals surface area contributed by atoms with Crippen LogP contribution in [0.2, 0.25) is 0 Å². The van der Waals surface area contributed by atoms with Crippen molar-refractivity contribution in [3.8, 4) is 0 Å². The summed E-state index contributed by atoms with van der Waals surface area (Å²) in [4.78, 5) is 19.3. The lowest BCUT2D eigenvalue weighted by molar-refractivity contribution is 0.0995. The first-order valence-electron chi connectivity index (χ1n) is 5.65. The molecule has 1 aromatic carbocycles. The van der Waals surface area contributed by atoms with E-state index in [0.717, 1.165) is 16.9 Å². The van der Waals surface area contributed by atoms with Crippen molar-refractivity contribution in [3.05, 3.63) is 46.6 Å². The Balaban J connectivity index is 1.86. The maximum absolute atomic E-state index is 11.9. The van der Waals surface area contributed by atoms with E-state index in [4.69, 9.17) is 4.42 Å². The van der Waals surface area contributed by atoms with E-state index in [2.05, 4.69) is 31.2 Å². The molecule has 0 spiro atoms. The quantitative estimate of drug-likeness (QED) is 0.759. The fraction of sp³-hybridized carbons (Fsp3) is 0.0769. The van der Waals surface area contributed by atoms with Gasteiger partial charge in [-0.05, 0) is 53.2 Å². The summed E-state index contributed by atoms with van der Waals surface area (Å²) in [7, 11) is 0. The zero-order chi connectivity index (χ0) is 13.4. The number of imidazole rings is 1. The molecule has 0 saturated carbocycles. The number of rotatable bonds is 2. The van der Waals surface area contributed by atoms with Crippen molar-refractivity contribution in [2.45, 2.75) is 6.92 Å². The largest absolute Gasteiger partial charge is 0.444 e. The van der Waals surface area contributed by atoms with Crippen LogP contribution < -0.4 is 5.32 Å². The molecule has 2 aromatic heterocycles. The molecular weight excluding hydrogens is 310 g/mol. The monoisotopic (exact) mass is 319 g/mol. The van der Waals surface area contributed by atoms with Crippen molar-refractivity contribution in [3.63, 3.8) is 0 Å². The second-order valence-corrected chi connectivity index (χ2v) is 4.89. The SMILES string of the molecule is Cc1nc2ccc(NC(=O)c3ccc(Br)o3)cc2[nH]1. The summed E-state index contributed by atoms with van der Waals surface area (Å²) in [6.07, 6.45) is 0. The lowest BCUT2D eigenvalue weighted by Crippen LogP contribution is -2.10. The van der Waals surface area contributed by atoms with Crippen molar-refractivity contribution in [2.75, 3.05) is 5.32 Å². The number of aryl methyl sites for hydroxylation is 1. The zero-order valence-electron chi connectivity index (χ0n) is 10.0. The van der Waals surface area contributed by atoms with Gasteiger partial charge in [0.15, 0.2) is 10.4 Å². The van der Waals surface area contributed by atoms with E-state index >= 15 is 0 Å². The Morgan fingerprint density at radius 2 is 2.21 bits per heavy atom. The van der Waals surface area contributed by atoms with Gasteiger partial charge in [-0.2, -0.15) is 0 Å². The van der Waals surface area contributed by atoms with Gasteiger partial charge < -0.3 is 14.7 Å². The molecule has 3 rings (SSSR count). The zero-order valence-corrected chi connectivity index (χ0v) is 11.6. The highest BCUT2D eigenvalue weighted by Gasteiger charge is 2.11. The molecule has 1 amide bonds. The number of anilines is 1. The fourth-order valence-electron chi connectivity index (χ4n) is 1.84. The first-order valence-corrected chi connectivity index (χ1v) is 6.44. The summed E-state index contributed by atoms with van der Waals surface area (Å²) in [6.45, 7) is 1.89. The van der Waals surface area contributed by atoms with Gasteiger partial charge in [-0.3, -0.25) is 4.79 Å². The predicted molar refractivity (Wildman–Crippen MR) is 75.2 cm³/mol. The minimum atomic E-state index is -0.290. The number of nitrogens with zero attached hydrogens (tertiary/aromatic N) is 1. The number of benzene rings is 1. The fourth-order valence-corrected chi connectivity index (χ4v) is 2.15. The van der Waals surface area contributed by atoms with Crippen molar-refractivity contribution >= 4 is 38.6 Å². The van der Waals surface area contributed by atoms with Crippen LogP contribution in [0.25, 0.3) is 11.0 Å². The van der Waals surface area contributed by atoms with Gasteiger partial charge in [0.25, 0.3) is 5.91 Å². The number of fused-ring (bicyclic) bond motifs is 1. The molecule has 19 heavy (non-hydrogen) atoms. The molecule has 0 aliphatic heterocycles. The van der Waals surface area contributed by atoms with Crippen LogP contribution in [-0.4, -0.2) is 15.9 Å². The number of halogens is 1. The normalized spacial score (nSPS) is 10.8. The van der Waals surface area contributed by atoms with Gasteiger partial charge in [0.05, 0.1) is 11.0 Å². The van der Waals surface area contributed by atoms with Gasteiger partial charge in [-0.1, -0.05) is 0 Å². The van der Waals surface area contributed by atoms with Gasteiger partial charge >= 0.3 is 0 Å². The van der Waals surface area contributed by atoms with Crippen LogP contribution in [0.5, 0.6) is 0 Å². The summed E-state index contributed by atoms with van der Waals surface area (Å²) in [5, 5.41) is 2.77. The van der Waals surface area contributed by atoms with E-state index in [9.17, 15) is 4.79 Å². The number of H-pyrrole nitrogens is 1. The van der Waals surface area contributed by atoms with Crippen LogP contribution in [0.15, 0.2) is 39.4 Å². The van der Waals surface area contributed by atoms with Gasteiger partial charge in [0.2, 0.25) is 0 Å². The molecule has 0 aliphatic carbocycles. The van der Waals surface area contributed by atoms with E-state index in [1.54, 1.807) is 18.2 Å². The lowest BCUT2D eigenvalue weighted by atomic mass is 10.2. The van der Waals surface area contributed by atoms with Crippen LogP contribution in [0.4, 0.5) is 5.69 Å². The van der Waals surface area contributed by atoms with Gasteiger partial charge in [0, 0.05) is 5.69 Å². The molecule has 96 valence electrons. The third-order valence-corrected chi connectivity index (χ3v) is 3.08.